The average Bonchev–Trinajstić information content (AvgIpc) is 2.41. The van der Waals surface area contributed by atoms with Gasteiger partial charge in [-0.05, 0) is 49.4 Å². The summed E-state index contributed by atoms with van der Waals surface area (Å²) in [6.07, 6.45) is 3.15. The first-order valence-corrected chi connectivity index (χ1v) is 8.94. The Morgan fingerprint density at radius 2 is 2.16 bits per heavy atom. The van der Waals surface area contributed by atoms with Crippen LogP contribution in [-0.2, 0) is 10.0 Å². The zero-order chi connectivity index (χ0) is 14.0. The molecule has 1 aromatic carbocycles. The Hall–Kier alpha value is -0.390. The Morgan fingerprint density at radius 3 is 2.79 bits per heavy atom. The predicted molar refractivity (Wildman–Crippen MR) is 80.7 cm³/mol. The third-order valence-electron chi connectivity index (χ3n) is 3.83. The second-order valence-electron chi connectivity index (χ2n) is 5.19. The first kappa shape index (κ1) is 15.0. The van der Waals surface area contributed by atoms with Gasteiger partial charge in [-0.2, -0.15) is 4.31 Å². The lowest BCUT2D eigenvalue weighted by Crippen LogP contribution is -2.39. The summed E-state index contributed by atoms with van der Waals surface area (Å²) >= 11 is 3.40. The molecule has 0 N–H and O–H groups in total. The molecule has 1 aliphatic heterocycles. The second kappa shape index (κ2) is 5.94. The van der Waals surface area contributed by atoms with Gasteiger partial charge in [0.25, 0.3) is 0 Å². The smallest absolute Gasteiger partial charge is 0.207 e. The number of piperidine rings is 1. The maximum absolute atomic E-state index is 12.6. The minimum absolute atomic E-state index is 0.407. The van der Waals surface area contributed by atoms with E-state index in [0.29, 0.717) is 23.9 Å². The van der Waals surface area contributed by atoms with E-state index in [-0.39, 0.29) is 0 Å². The zero-order valence-corrected chi connectivity index (χ0v) is 13.8. The van der Waals surface area contributed by atoms with Crippen LogP contribution >= 0.6 is 15.9 Å². The van der Waals surface area contributed by atoms with E-state index in [1.165, 1.54) is 0 Å². The quantitative estimate of drug-likeness (QED) is 0.839. The third-order valence-corrected chi connectivity index (χ3v) is 6.58. The van der Waals surface area contributed by atoms with Crippen molar-refractivity contribution in [1.82, 2.24) is 4.31 Å². The molecular weight excluding hydrogens is 326 g/mol. The summed E-state index contributed by atoms with van der Waals surface area (Å²) < 4.78 is 27.8. The molecule has 0 radical (unpaired) electrons. The number of hydrogen-bond donors (Lipinski definition) is 0. The summed E-state index contributed by atoms with van der Waals surface area (Å²) in [5, 5.41) is 0. The van der Waals surface area contributed by atoms with Crippen LogP contribution in [0.2, 0.25) is 0 Å². The van der Waals surface area contributed by atoms with Crippen molar-refractivity contribution in [2.45, 2.75) is 38.0 Å². The van der Waals surface area contributed by atoms with Gasteiger partial charge in [0.15, 0.2) is 0 Å². The van der Waals surface area contributed by atoms with Crippen molar-refractivity contribution in [3.63, 3.8) is 0 Å². The predicted octanol–water partition coefficient (Wildman–Crippen LogP) is 3.57. The van der Waals surface area contributed by atoms with Crippen LogP contribution in [-0.4, -0.2) is 25.8 Å². The second-order valence-corrected chi connectivity index (χ2v) is 7.98. The lowest BCUT2D eigenvalue weighted by molar-refractivity contribution is 0.261. The van der Waals surface area contributed by atoms with Gasteiger partial charge >= 0.3 is 0 Å². The molecule has 0 bridgehead atoms. The first-order chi connectivity index (χ1) is 8.95. The van der Waals surface area contributed by atoms with Gasteiger partial charge < -0.3 is 0 Å². The van der Waals surface area contributed by atoms with Gasteiger partial charge in [0.05, 0.1) is 4.90 Å². The van der Waals surface area contributed by atoms with Crippen LogP contribution in [0, 0.1) is 12.8 Å². The van der Waals surface area contributed by atoms with E-state index < -0.39 is 10.0 Å². The molecule has 1 aromatic rings. The molecule has 2 rings (SSSR count). The summed E-state index contributed by atoms with van der Waals surface area (Å²) in [5.74, 6) is 0.500. The SMILES string of the molecule is CCC1CCCN(S(=O)(=O)c2ccc(Br)c(C)c2)C1. The van der Waals surface area contributed by atoms with Gasteiger partial charge in [-0.3, -0.25) is 0 Å². The van der Waals surface area contributed by atoms with Crippen LogP contribution in [0.4, 0.5) is 0 Å². The van der Waals surface area contributed by atoms with Crippen LogP contribution in [0.5, 0.6) is 0 Å². The van der Waals surface area contributed by atoms with Crippen molar-refractivity contribution in [2.24, 2.45) is 5.92 Å². The molecule has 0 saturated carbocycles. The molecule has 1 aliphatic rings. The zero-order valence-electron chi connectivity index (χ0n) is 11.4. The number of hydrogen-bond acceptors (Lipinski definition) is 2. The number of halogens is 1. The number of benzene rings is 1. The van der Waals surface area contributed by atoms with Crippen LogP contribution in [0.15, 0.2) is 27.6 Å². The van der Waals surface area contributed by atoms with Crippen molar-refractivity contribution >= 4 is 26.0 Å². The Balaban J connectivity index is 2.28. The summed E-state index contributed by atoms with van der Waals surface area (Å²) in [5.41, 5.74) is 0.949. The number of aryl methyl sites for hydroxylation is 1. The van der Waals surface area contributed by atoms with Gasteiger partial charge in [-0.1, -0.05) is 29.3 Å². The van der Waals surface area contributed by atoms with Crippen LogP contribution in [0.25, 0.3) is 0 Å². The fourth-order valence-electron chi connectivity index (χ4n) is 2.51. The van der Waals surface area contributed by atoms with Crippen molar-refractivity contribution in [3.8, 4) is 0 Å². The summed E-state index contributed by atoms with van der Waals surface area (Å²) in [6.45, 7) is 5.35. The molecule has 1 heterocycles. The Kier molecular flexibility index (Phi) is 4.69. The average molecular weight is 346 g/mol. The fraction of sp³-hybridized carbons (Fsp3) is 0.571. The largest absolute Gasteiger partial charge is 0.243 e. The van der Waals surface area contributed by atoms with Crippen LogP contribution in [0.1, 0.15) is 31.7 Å². The Labute approximate surface area is 124 Å². The van der Waals surface area contributed by atoms with Crippen molar-refractivity contribution in [2.75, 3.05) is 13.1 Å². The van der Waals surface area contributed by atoms with E-state index in [0.717, 1.165) is 29.3 Å². The van der Waals surface area contributed by atoms with Crippen LogP contribution < -0.4 is 0 Å². The van der Waals surface area contributed by atoms with Crippen molar-refractivity contribution < 1.29 is 8.42 Å². The van der Waals surface area contributed by atoms with E-state index in [1.807, 2.05) is 13.0 Å². The summed E-state index contributed by atoms with van der Waals surface area (Å²) in [6, 6.07) is 5.24. The monoisotopic (exact) mass is 345 g/mol. The van der Waals surface area contributed by atoms with E-state index in [2.05, 4.69) is 22.9 Å². The summed E-state index contributed by atoms with van der Waals surface area (Å²) in [7, 11) is -3.33. The Morgan fingerprint density at radius 1 is 1.42 bits per heavy atom. The molecule has 1 saturated heterocycles. The number of nitrogens with zero attached hydrogens (tertiary/aromatic N) is 1. The van der Waals surface area contributed by atoms with E-state index >= 15 is 0 Å². The molecule has 1 unspecified atom stereocenters. The fourth-order valence-corrected chi connectivity index (χ4v) is 4.39. The van der Waals surface area contributed by atoms with Gasteiger partial charge in [0.1, 0.15) is 0 Å². The molecule has 0 aromatic heterocycles. The minimum Gasteiger partial charge on any atom is -0.207 e. The molecule has 5 heteroatoms. The molecule has 0 spiro atoms. The molecule has 1 fully saturated rings. The Bertz CT molecular complexity index is 557. The number of rotatable bonds is 3. The number of sulfonamides is 1. The lowest BCUT2D eigenvalue weighted by atomic mass is 9.97. The standard InChI is InChI=1S/C14H20BrNO2S/c1-3-12-5-4-8-16(10-12)19(17,18)13-6-7-14(15)11(2)9-13/h6-7,9,12H,3-5,8,10H2,1-2H3. The van der Waals surface area contributed by atoms with Gasteiger partial charge in [0.2, 0.25) is 10.0 Å². The molecule has 0 aliphatic carbocycles. The van der Waals surface area contributed by atoms with Crippen molar-refractivity contribution in [3.05, 3.63) is 28.2 Å². The molecule has 0 amide bonds. The van der Waals surface area contributed by atoms with Gasteiger partial charge in [0, 0.05) is 17.6 Å². The highest BCUT2D eigenvalue weighted by Crippen LogP contribution is 2.27. The molecule has 106 valence electrons. The molecule has 19 heavy (non-hydrogen) atoms. The van der Waals surface area contributed by atoms with Gasteiger partial charge in [-0.25, -0.2) is 8.42 Å². The molecule has 1 atom stereocenters. The maximum Gasteiger partial charge on any atom is 0.243 e. The highest BCUT2D eigenvalue weighted by molar-refractivity contribution is 9.10. The normalized spacial score (nSPS) is 21.5. The van der Waals surface area contributed by atoms with E-state index in [9.17, 15) is 8.42 Å². The van der Waals surface area contributed by atoms with Crippen molar-refractivity contribution in [1.29, 1.82) is 0 Å². The van der Waals surface area contributed by atoms with Gasteiger partial charge in [-0.15, -0.1) is 0 Å². The third kappa shape index (κ3) is 3.20. The topological polar surface area (TPSA) is 37.4 Å². The maximum atomic E-state index is 12.6. The highest BCUT2D eigenvalue weighted by atomic mass is 79.9. The summed E-state index contributed by atoms with van der Waals surface area (Å²) in [4.78, 5) is 0.407. The first-order valence-electron chi connectivity index (χ1n) is 6.71. The molecular formula is C14H20BrNO2S. The van der Waals surface area contributed by atoms with Crippen LogP contribution in [0.3, 0.4) is 0 Å². The minimum atomic E-state index is -3.33. The molecule has 3 nitrogen and oxygen atoms in total. The lowest BCUT2D eigenvalue weighted by Gasteiger charge is -2.31. The van der Waals surface area contributed by atoms with E-state index in [1.54, 1.807) is 16.4 Å². The highest BCUT2D eigenvalue weighted by Gasteiger charge is 2.29. The van der Waals surface area contributed by atoms with E-state index in [4.69, 9.17) is 0 Å².